The van der Waals surface area contributed by atoms with E-state index in [4.69, 9.17) is 0 Å². The van der Waals surface area contributed by atoms with Gasteiger partial charge in [-0.15, -0.1) is 6.58 Å². The van der Waals surface area contributed by atoms with Gasteiger partial charge in [-0.2, -0.15) is 0 Å². The Bertz CT molecular complexity index is 455. The van der Waals surface area contributed by atoms with Gasteiger partial charge in [0, 0.05) is 17.3 Å². The van der Waals surface area contributed by atoms with Crippen LogP contribution in [0.5, 0.6) is 0 Å². The Hall–Kier alpha value is -0.640. The Labute approximate surface area is 114 Å². The summed E-state index contributed by atoms with van der Waals surface area (Å²) < 4.78 is 0. The summed E-state index contributed by atoms with van der Waals surface area (Å²) in [7, 11) is 0. The van der Waals surface area contributed by atoms with Crippen molar-refractivity contribution in [3.05, 3.63) is 24.8 Å². The molecule has 0 aromatic rings. The zero-order valence-electron chi connectivity index (χ0n) is 11.8. The third-order valence-electron chi connectivity index (χ3n) is 6.33. The Balaban J connectivity index is 2.28. The van der Waals surface area contributed by atoms with Gasteiger partial charge in [-0.1, -0.05) is 25.2 Å². The highest BCUT2D eigenvalue weighted by Crippen LogP contribution is 2.72. The molecule has 0 saturated heterocycles. The van der Waals surface area contributed by atoms with Crippen LogP contribution in [0.1, 0.15) is 39.5 Å². The van der Waals surface area contributed by atoms with Crippen molar-refractivity contribution in [1.82, 2.24) is 0 Å². The van der Waals surface area contributed by atoms with Crippen molar-refractivity contribution >= 4 is 0 Å². The molecule has 6 atom stereocenters. The number of hydrogen-bond acceptors (Lipinski definition) is 3. The molecular formula is C16H24O3. The molecule has 106 valence electrons. The van der Waals surface area contributed by atoms with Crippen LogP contribution in [0.2, 0.25) is 0 Å². The lowest BCUT2D eigenvalue weighted by molar-refractivity contribution is -0.244. The summed E-state index contributed by atoms with van der Waals surface area (Å²) in [4.78, 5) is 0. The summed E-state index contributed by atoms with van der Waals surface area (Å²) in [6, 6.07) is 0. The van der Waals surface area contributed by atoms with Gasteiger partial charge in [0.05, 0.1) is 17.3 Å². The highest BCUT2D eigenvalue weighted by atomic mass is 16.4. The van der Waals surface area contributed by atoms with Crippen LogP contribution in [-0.2, 0) is 0 Å². The molecule has 2 saturated carbocycles. The smallest absolute Gasteiger partial charge is 0.0927 e. The molecular weight excluding hydrogens is 240 g/mol. The van der Waals surface area contributed by atoms with E-state index in [2.05, 4.69) is 19.6 Å². The Morgan fingerprint density at radius 3 is 2.63 bits per heavy atom. The van der Waals surface area contributed by atoms with E-state index in [0.29, 0.717) is 6.42 Å². The second kappa shape index (κ2) is 3.51. The number of hydrogen-bond donors (Lipinski definition) is 3. The molecule has 3 rings (SSSR count). The molecule has 0 aromatic carbocycles. The van der Waals surface area contributed by atoms with E-state index < -0.39 is 28.1 Å². The van der Waals surface area contributed by atoms with Crippen molar-refractivity contribution in [3.8, 4) is 0 Å². The van der Waals surface area contributed by atoms with Gasteiger partial charge in [0.15, 0.2) is 0 Å². The lowest BCUT2D eigenvalue weighted by Crippen LogP contribution is -2.68. The fraction of sp³-hybridized carbons (Fsp3) is 0.750. The molecule has 3 heteroatoms. The van der Waals surface area contributed by atoms with Gasteiger partial charge < -0.3 is 15.3 Å². The fourth-order valence-electron chi connectivity index (χ4n) is 5.32. The Morgan fingerprint density at radius 2 is 2.00 bits per heavy atom. The lowest BCUT2D eigenvalue weighted by Gasteiger charge is -2.61. The minimum atomic E-state index is -1.26. The maximum Gasteiger partial charge on any atom is 0.0927 e. The summed E-state index contributed by atoms with van der Waals surface area (Å²) in [6.07, 6.45) is 7.66. The molecule has 0 radical (unpaired) electrons. The van der Waals surface area contributed by atoms with E-state index in [1.807, 2.05) is 12.2 Å². The maximum atomic E-state index is 11.2. The summed E-state index contributed by atoms with van der Waals surface area (Å²) in [5.74, 6) is 0.00280. The topological polar surface area (TPSA) is 60.7 Å². The van der Waals surface area contributed by atoms with E-state index in [0.717, 1.165) is 12.8 Å². The van der Waals surface area contributed by atoms with E-state index in [1.54, 1.807) is 6.92 Å². The van der Waals surface area contributed by atoms with Crippen LogP contribution in [-0.4, -0.2) is 32.6 Å². The molecule has 0 aliphatic heterocycles. The van der Waals surface area contributed by atoms with Gasteiger partial charge in [0.2, 0.25) is 0 Å². The lowest BCUT2D eigenvalue weighted by atomic mass is 9.46. The monoisotopic (exact) mass is 264 g/mol. The molecule has 2 bridgehead atoms. The van der Waals surface area contributed by atoms with Crippen LogP contribution >= 0.6 is 0 Å². The fourth-order valence-corrected chi connectivity index (χ4v) is 5.32. The highest BCUT2D eigenvalue weighted by molar-refractivity contribution is 5.34. The molecule has 3 nitrogen and oxygen atoms in total. The van der Waals surface area contributed by atoms with Crippen molar-refractivity contribution in [3.63, 3.8) is 0 Å². The summed E-state index contributed by atoms with van der Waals surface area (Å²) in [5, 5.41) is 32.6. The van der Waals surface area contributed by atoms with Crippen LogP contribution < -0.4 is 0 Å². The van der Waals surface area contributed by atoms with Crippen molar-refractivity contribution in [1.29, 1.82) is 0 Å². The minimum Gasteiger partial charge on any atom is -0.389 e. The van der Waals surface area contributed by atoms with Gasteiger partial charge in [0.1, 0.15) is 0 Å². The number of aliphatic hydroxyl groups excluding tert-OH is 1. The predicted octanol–water partition coefficient (Wildman–Crippen LogP) is 1.78. The molecule has 3 N–H and O–H groups in total. The maximum absolute atomic E-state index is 11.2. The predicted molar refractivity (Wildman–Crippen MR) is 73.4 cm³/mol. The SMILES string of the molecule is C=C[C@H]1C[C@]2(O)C[C@](C)(O)[C@H](O)[C@]13C=CCC[C@@]23C. The molecule has 0 aromatic heterocycles. The largest absolute Gasteiger partial charge is 0.389 e. The summed E-state index contributed by atoms with van der Waals surface area (Å²) in [6.45, 7) is 7.60. The summed E-state index contributed by atoms with van der Waals surface area (Å²) in [5.41, 5.74) is -3.17. The molecule has 0 heterocycles. The third kappa shape index (κ3) is 1.24. The molecule has 0 spiro atoms. The van der Waals surface area contributed by atoms with Crippen LogP contribution in [0.25, 0.3) is 0 Å². The van der Waals surface area contributed by atoms with Crippen LogP contribution in [0, 0.1) is 16.7 Å². The standard InChI is InChI=1S/C16H24O3/c1-4-11-9-15(19)10-13(2,18)12(17)16(11)8-6-5-7-14(15,16)3/h4,6,8,11-12,17-19H,1,5,7,9-10H2,2-3H3/t11-,12-,13-,14-,15-,16-/m0/s1. The second-order valence-corrected chi connectivity index (χ2v) is 7.22. The van der Waals surface area contributed by atoms with E-state index in [1.165, 1.54) is 0 Å². The number of allylic oxidation sites excluding steroid dienone is 2. The second-order valence-electron chi connectivity index (χ2n) is 7.22. The number of aliphatic hydroxyl groups is 3. The zero-order chi connectivity index (χ0) is 14.1. The molecule has 0 amide bonds. The van der Waals surface area contributed by atoms with Crippen LogP contribution in [0.15, 0.2) is 24.8 Å². The molecule has 0 unspecified atom stereocenters. The van der Waals surface area contributed by atoms with Crippen molar-refractivity contribution in [2.75, 3.05) is 0 Å². The quantitative estimate of drug-likeness (QED) is 0.633. The van der Waals surface area contributed by atoms with Gasteiger partial charge in [-0.05, 0) is 32.1 Å². The van der Waals surface area contributed by atoms with E-state index in [9.17, 15) is 15.3 Å². The summed E-state index contributed by atoms with van der Waals surface area (Å²) >= 11 is 0. The molecule has 3 aliphatic carbocycles. The molecule has 3 aliphatic rings. The van der Waals surface area contributed by atoms with Crippen molar-refractivity contribution in [2.45, 2.75) is 56.8 Å². The van der Waals surface area contributed by atoms with Crippen LogP contribution in [0.3, 0.4) is 0 Å². The van der Waals surface area contributed by atoms with Crippen molar-refractivity contribution < 1.29 is 15.3 Å². The Morgan fingerprint density at radius 1 is 1.32 bits per heavy atom. The molecule has 2 fully saturated rings. The van der Waals surface area contributed by atoms with Gasteiger partial charge in [0.25, 0.3) is 0 Å². The minimum absolute atomic E-state index is 0.00280. The zero-order valence-corrected chi connectivity index (χ0v) is 11.8. The van der Waals surface area contributed by atoms with E-state index in [-0.39, 0.29) is 12.3 Å². The average Bonchev–Trinajstić information content (AvgIpc) is 2.49. The normalized spacial score (nSPS) is 59.8. The first-order chi connectivity index (χ1) is 8.73. The molecule has 19 heavy (non-hydrogen) atoms. The van der Waals surface area contributed by atoms with Gasteiger partial charge in [-0.25, -0.2) is 0 Å². The van der Waals surface area contributed by atoms with Crippen molar-refractivity contribution in [2.24, 2.45) is 16.7 Å². The third-order valence-corrected chi connectivity index (χ3v) is 6.33. The first-order valence-corrected chi connectivity index (χ1v) is 7.17. The first kappa shape index (κ1) is 13.3. The number of rotatable bonds is 1. The van der Waals surface area contributed by atoms with Crippen LogP contribution in [0.4, 0.5) is 0 Å². The Kier molecular flexibility index (Phi) is 2.47. The van der Waals surface area contributed by atoms with Gasteiger partial charge in [-0.3, -0.25) is 0 Å². The first-order valence-electron chi connectivity index (χ1n) is 7.17. The average molecular weight is 264 g/mol. The van der Waals surface area contributed by atoms with Gasteiger partial charge >= 0.3 is 0 Å². The van der Waals surface area contributed by atoms with E-state index >= 15 is 0 Å². The highest BCUT2D eigenvalue weighted by Gasteiger charge is 2.76.